The highest BCUT2D eigenvalue weighted by atomic mass is 16.5. The summed E-state index contributed by atoms with van der Waals surface area (Å²) in [5.41, 5.74) is 5.01. The normalized spacial score (nSPS) is 23.3. The van der Waals surface area contributed by atoms with Crippen LogP contribution in [0.2, 0.25) is 0 Å². The molecule has 6 nitrogen and oxygen atoms in total. The Kier molecular flexibility index (Phi) is 5.42. The van der Waals surface area contributed by atoms with Crippen LogP contribution in [0.1, 0.15) is 28.2 Å². The van der Waals surface area contributed by atoms with E-state index < -0.39 is 29.6 Å². The van der Waals surface area contributed by atoms with Crippen molar-refractivity contribution in [1.29, 1.82) is 0 Å². The van der Waals surface area contributed by atoms with Crippen LogP contribution in [0.15, 0.2) is 84.9 Å². The number of methoxy groups -OCH3 is 1. The first kappa shape index (κ1) is 24.3. The number of carbonyl (C=O) groups excluding carboxylic acids is 3. The minimum absolute atomic E-state index is 0.300. The molecule has 6 heteroatoms. The van der Waals surface area contributed by atoms with Gasteiger partial charge in [-0.3, -0.25) is 14.4 Å². The van der Waals surface area contributed by atoms with Crippen molar-refractivity contribution >= 4 is 39.8 Å². The third-order valence-corrected chi connectivity index (χ3v) is 8.73. The van der Waals surface area contributed by atoms with Gasteiger partial charge in [-0.15, -0.1) is 0 Å². The van der Waals surface area contributed by atoms with Gasteiger partial charge in [-0.25, -0.2) is 4.90 Å². The minimum atomic E-state index is -0.888. The van der Waals surface area contributed by atoms with E-state index in [1.807, 2.05) is 92.7 Å². The van der Waals surface area contributed by atoms with E-state index in [2.05, 4.69) is 0 Å². The fraction of sp³-hybridized carbons (Fsp3) is 0.206. The Hall–Kier alpha value is -4.71. The molecule has 1 saturated heterocycles. The number of anilines is 1. The summed E-state index contributed by atoms with van der Waals surface area (Å²) in [4.78, 5) is 43.4. The molecule has 4 aromatic rings. The van der Waals surface area contributed by atoms with E-state index in [1.165, 1.54) is 4.90 Å². The van der Waals surface area contributed by atoms with Gasteiger partial charge in [-0.1, -0.05) is 54.6 Å². The van der Waals surface area contributed by atoms with Crippen LogP contribution >= 0.6 is 0 Å². The zero-order valence-electron chi connectivity index (χ0n) is 22.4. The van der Waals surface area contributed by atoms with Crippen molar-refractivity contribution in [3.8, 4) is 11.5 Å². The molecule has 1 fully saturated rings. The Morgan fingerprint density at radius 1 is 0.800 bits per heavy atom. The predicted molar refractivity (Wildman–Crippen MR) is 152 cm³/mol. The van der Waals surface area contributed by atoms with Crippen LogP contribution in [-0.2, 0) is 14.4 Å². The van der Waals surface area contributed by atoms with E-state index in [0.717, 1.165) is 38.6 Å². The van der Waals surface area contributed by atoms with Crippen molar-refractivity contribution in [2.45, 2.75) is 19.8 Å². The predicted octanol–water partition coefficient (Wildman–Crippen LogP) is 5.99. The zero-order valence-corrected chi connectivity index (χ0v) is 22.4. The monoisotopic (exact) mass is 529 g/mol. The maximum absolute atomic E-state index is 14.3. The van der Waals surface area contributed by atoms with Gasteiger partial charge in [0.25, 0.3) is 0 Å². The summed E-state index contributed by atoms with van der Waals surface area (Å²) in [6.45, 7) is 3.94. The number of nitrogens with zero attached hydrogens (tertiary/aromatic N) is 1. The molecule has 0 N–H and O–H groups in total. The second-order valence-corrected chi connectivity index (χ2v) is 10.8. The van der Waals surface area contributed by atoms with Gasteiger partial charge in [0.2, 0.25) is 11.8 Å². The molecule has 1 aliphatic carbocycles. The smallest absolute Gasteiger partial charge is 0.319 e. The van der Waals surface area contributed by atoms with Crippen molar-refractivity contribution in [3.63, 3.8) is 0 Å². The van der Waals surface area contributed by atoms with Gasteiger partial charge < -0.3 is 9.47 Å². The summed E-state index contributed by atoms with van der Waals surface area (Å²) in [5, 5.41) is 1.95. The maximum Gasteiger partial charge on any atom is 0.319 e. The highest BCUT2D eigenvalue weighted by molar-refractivity contribution is 6.25. The van der Waals surface area contributed by atoms with E-state index >= 15 is 0 Å². The van der Waals surface area contributed by atoms with Gasteiger partial charge in [0.05, 0.1) is 30.6 Å². The Labute approximate surface area is 231 Å². The van der Waals surface area contributed by atoms with Gasteiger partial charge in [0, 0.05) is 11.5 Å². The topological polar surface area (TPSA) is 72.9 Å². The molecule has 0 spiro atoms. The summed E-state index contributed by atoms with van der Waals surface area (Å²) in [7, 11) is 1.61. The Balaban J connectivity index is 1.46. The fourth-order valence-electron chi connectivity index (χ4n) is 6.60. The van der Waals surface area contributed by atoms with E-state index in [4.69, 9.17) is 9.47 Å². The van der Waals surface area contributed by atoms with E-state index in [1.54, 1.807) is 13.2 Å². The standard InChI is InChI=1S/C34H27NO5/c1-18-8-12-22(16-19(18)2)35-32(36)29-25(21-9-13-23(39-3)14-10-21)17-26-28-24-7-5-4-6-20(24)11-15-27(28)40-34(38)30(26)31(29)33(35)37/h4-17,25,29-31H,1-3H3/t25-,29+,30-,31+/m0/s1. The average molecular weight is 530 g/mol. The number of esters is 1. The van der Waals surface area contributed by atoms with Crippen LogP contribution in [0.5, 0.6) is 11.5 Å². The summed E-state index contributed by atoms with van der Waals surface area (Å²) < 4.78 is 11.2. The number of amides is 2. The Morgan fingerprint density at radius 3 is 2.30 bits per heavy atom. The molecule has 0 radical (unpaired) electrons. The molecule has 0 saturated carbocycles. The fourth-order valence-corrected chi connectivity index (χ4v) is 6.60. The summed E-state index contributed by atoms with van der Waals surface area (Å²) in [5.74, 6) is -2.94. The summed E-state index contributed by atoms with van der Waals surface area (Å²) in [6.07, 6.45) is 2.02. The maximum atomic E-state index is 14.3. The van der Waals surface area contributed by atoms with E-state index in [0.29, 0.717) is 17.2 Å². The molecular weight excluding hydrogens is 502 g/mol. The number of imide groups is 1. The number of rotatable bonds is 3. The molecule has 0 bridgehead atoms. The van der Waals surface area contributed by atoms with Crippen molar-refractivity contribution < 1.29 is 23.9 Å². The number of hydrogen-bond acceptors (Lipinski definition) is 5. The second-order valence-electron chi connectivity index (χ2n) is 10.8. The molecule has 3 aliphatic rings. The Bertz CT molecular complexity index is 1770. The molecule has 2 aliphatic heterocycles. The van der Waals surface area contributed by atoms with Crippen LogP contribution < -0.4 is 14.4 Å². The highest BCUT2D eigenvalue weighted by Crippen LogP contribution is 2.55. The lowest BCUT2D eigenvalue weighted by atomic mass is 9.64. The van der Waals surface area contributed by atoms with Crippen molar-refractivity contribution in [2.24, 2.45) is 17.8 Å². The first-order valence-electron chi connectivity index (χ1n) is 13.4. The number of fused-ring (bicyclic) bond motifs is 7. The lowest BCUT2D eigenvalue weighted by molar-refractivity contribution is -0.142. The van der Waals surface area contributed by atoms with Crippen LogP contribution in [0.25, 0.3) is 16.3 Å². The van der Waals surface area contributed by atoms with Gasteiger partial charge >= 0.3 is 5.97 Å². The molecule has 4 atom stereocenters. The number of hydrogen-bond donors (Lipinski definition) is 0. The third kappa shape index (κ3) is 3.45. The first-order valence-corrected chi connectivity index (χ1v) is 13.4. The minimum Gasteiger partial charge on any atom is -0.497 e. The quantitative estimate of drug-likeness (QED) is 0.185. The molecule has 4 aromatic carbocycles. The van der Waals surface area contributed by atoms with Gasteiger partial charge in [0.15, 0.2) is 0 Å². The van der Waals surface area contributed by atoms with Crippen LogP contribution in [-0.4, -0.2) is 24.9 Å². The van der Waals surface area contributed by atoms with Crippen molar-refractivity contribution in [2.75, 3.05) is 12.0 Å². The van der Waals surface area contributed by atoms with Crippen LogP contribution in [0.3, 0.4) is 0 Å². The second kappa shape index (κ2) is 8.91. The number of aryl methyl sites for hydroxylation is 2. The largest absolute Gasteiger partial charge is 0.497 e. The van der Waals surface area contributed by atoms with E-state index in [9.17, 15) is 14.4 Å². The molecule has 2 amide bonds. The number of ether oxygens (including phenoxy) is 2. The molecule has 2 heterocycles. The summed E-state index contributed by atoms with van der Waals surface area (Å²) >= 11 is 0. The molecule has 0 unspecified atom stereocenters. The van der Waals surface area contributed by atoms with Gasteiger partial charge in [-0.05, 0) is 77.2 Å². The first-order chi connectivity index (χ1) is 19.4. The molecule has 198 valence electrons. The van der Waals surface area contributed by atoms with Gasteiger partial charge in [-0.2, -0.15) is 0 Å². The van der Waals surface area contributed by atoms with Crippen molar-refractivity contribution in [3.05, 3.63) is 107 Å². The molecule has 7 rings (SSSR count). The average Bonchev–Trinajstić information content (AvgIpc) is 3.23. The number of benzene rings is 4. The van der Waals surface area contributed by atoms with E-state index in [-0.39, 0.29) is 11.8 Å². The molecular formula is C34H27NO5. The third-order valence-electron chi connectivity index (χ3n) is 8.73. The number of allylic oxidation sites excluding steroid dienone is 1. The van der Waals surface area contributed by atoms with Gasteiger partial charge in [0.1, 0.15) is 11.5 Å². The Morgan fingerprint density at radius 2 is 1.55 bits per heavy atom. The molecule has 40 heavy (non-hydrogen) atoms. The lowest BCUT2D eigenvalue weighted by Crippen LogP contribution is -2.42. The lowest BCUT2D eigenvalue weighted by Gasteiger charge is -2.38. The highest BCUT2D eigenvalue weighted by Gasteiger charge is 2.60. The SMILES string of the molecule is COc1ccc([C@@H]2C=C3c4c(ccc5ccccc45)OC(=O)[C@@H]3[C@@H]3C(=O)N(c4ccc(C)c(C)c4)C(=O)[C@@H]32)cc1. The van der Waals surface area contributed by atoms with Crippen molar-refractivity contribution in [1.82, 2.24) is 0 Å². The zero-order chi connectivity index (χ0) is 27.7. The van der Waals surface area contributed by atoms with Crippen LogP contribution in [0.4, 0.5) is 5.69 Å². The summed E-state index contributed by atoms with van der Waals surface area (Å²) in [6, 6.07) is 24.8. The van der Waals surface area contributed by atoms with Crippen LogP contribution in [0, 0.1) is 31.6 Å². The molecule has 0 aromatic heterocycles. The number of carbonyl (C=O) groups is 3.